The molecule has 0 amide bonds. The maximum Gasteiger partial charge on any atom is 0.194 e. The van der Waals surface area contributed by atoms with Crippen LogP contribution in [-0.4, -0.2) is 47.4 Å². The van der Waals surface area contributed by atoms with Gasteiger partial charge in [-0.05, 0) is 44.5 Å². The van der Waals surface area contributed by atoms with Crippen molar-refractivity contribution in [1.29, 1.82) is 0 Å². The Morgan fingerprint density at radius 1 is 1.29 bits per heavy atom. The Morgan fingerprint density at radius 3 is 2.89 bits per heavy atom. The van der Waals surface area contributed by atoms with Crippen molar-refractivity contribution in [3.05, 3.63) is 46.7 Å². The summed E-state index contributed by atoms with van der Waals surface area (Å²) in [5.41, 5.74) is 2.97. The van der Waals surface area contributed by atoms with E-state index in [1.54, 1.807) is 37.7 Å². The number of benzene rings is 1. The monoisotopic (exact) mass is 399 g/mol. The van der Waals surface area contributed by atoms with E-state index >= 15 is 0 Å². The van der Waals surface area contributed by atoms with Crippen LogP contribution < -0.4 is 9.47 Å². The molecule has 0 radical (unpaired) electrons. The fraction of sp³-hybridized carbons (Fsp3) is 0.429. The van der Waals surface area contributed by atoms with Gasteiger partial charge in [0.25, 0.3) is 0 Å². The molecule has 0 bridgehead atoms. The first kappa shape index (κ1) is 19.0. The lowest BCUT2D eigenvalue weighted by molar-refractivity contribution is 0.0809. The lowest BCUT2D eigenvalue weighted by Gasteiger charge is -2.32. The Morgan fingerprint density at radius 2 is 2.11 bits per heavy atom. The molecular formula is C21H25N3O3S. The molecule has 2 aromatic heterocycles. The number of piperidine rings is 1. The highest BCUT2D eigenvalue weighted by molar-refractivity contribution is 7.15. The summed E-state index contributed by atoms with van der Waals surface area (Å²) in [7, 11) is 3.19. The van der Waals surface area contributed by atoms with Gasteiger partial charge in [0.05, 0.1) is 25.6 Å². The summed E-state index contributed by atoms with van der Waals surface area (Å²) in [6.45, 7) is 4.65. The molecule has 3 aromatic rings. The number of hydrogen-bond donors (Lipinski definition) is 0. The molecule has 1 atom stereocenters. The number of thiazole rings is 1. The van der Waals surface area contributed by atoms with Crippen molar-refractivity contribution in [3.8, 4) is 11.5 Å². The van der Waals surface area contributed by atoms with Crippen LogP contribution in [0.2, 0.25) is 0 Å². The van der Waals surface area contributed by atoms with Crippen LogP contribution in [0.5, 0.6) is 11.5 Å². The van der Waals surface area contributed by atoms with Gasteiger partial charge in [-0.1, -0.05) is 0 Å². The van der Waals surface area contributed by atoms with E-state index in [1.165, 1.54) is 5.69 Å². The summed E-state index contributed by atoms with van der Waals surface area (Å²) in [5, 5.41) is 2.06. The van der Waals surface area contributed by atoms with Crippen molar-refractivity contribution in [1.82, 2.24) is 14.3 Å². The first-order valence-electron chi connectivity index (χ1n) is 9.50. The molecule has 0 N–H and O–H groups in total. The summed E-state index contributed by atoms with van der Waals surface area (Å²) in [6, 6.07) is 5.42. The summed E-state index contributed by atoms with van der Waals surface area (Å²) in [4.78, 5) is 21.2. The average Bonchev–Trinajstić information content (AvgIpc) is 3.29. The van der Waals surface area contributed by atoms with Gasteiger partial charge in [-0.15, -0.1) is 11.3 Å². The fourth-order valence-corrected chi connectivity index (χ4v) is 4.76. The lowest BCUT2D eigenvalue weighted by Crippen LogP contribution is -2.38. The second-order valence-corrected chi connectivity index (χ2v) is 8.08. The maximum atomic E-state index is 13.1. The Kier molecular flexibility index (Phi) is 5.37. The number of Topliss-reactive ketones (excluding diaryl/α,β-unsaturated/α-hetero) is 1. The SMILES string of the molecule is COc1ccc(C(=O)C2CCCN(Cc3c(C)nc4sccn34)C2)cc1OC. The second kappa shape index (κ2) is 7.93. The highest BCUT2D eigenvalue weighted by atomic mass is 32.1. The number of rotatable bonds is 6. The molecule has 1 unspecified atom stereocenters. The second-order valence-electron chi connectivity index (χ2n) is 7.21. The van der Waals surface area contributed by atoms with Crippen molar-refractivity contribution in [2.24, 2.45) is 5.92 Å². The van der Waals surface area contributed by atoms with E-state index in [1.807, 2.05) is 6.07 Å². The van der Waals surface area contributed by atoms with Gasteiger partial charge in [0.1, 0.15) is 0 Å². The number of aryl methyl sites for hydroxylation is 1. The molecule has 28 heavy (non-hydrogen) atoms. The van der Waals surface area contributed by atoms with Crippen LogP contribution in [-0.2, 0) is 6.54 Å². The Bertz CT molecular complexity index is 994. The van der Waals surface area contributed by atoms with E-state index in [-0.39, 0.29) is 11.7 Å². The van der Waals surface area contributed by atoms with E-state index in [0.29, 0.717) is 17.1 Å². The third-order valence-electron chi connectivity index (χ3n) is 5.48. The minimum Gasteiger partial charge on any atom is -0.493 e. The van der Waals surface area contributed by atoms with E-state index < -0.39 is 0 Å². The Labute approximate surface area is 168 Å². The molecule has 0 saturated carbocycles. The number of carbonyl (C=O) groups is 1. The molecule has 1 saturated heterocycles. The Hall–Kier alpha value is -2.38. The van der Waals surface area contributed by atoms with Crippen molar-refractivity contribution < 1.29 is 14.3 Å². The van der Waals surface area contributed by atoms with E-state index in [9.17, 15) is 4.79 Å². The molecule has 4 rings (SSSR count). The summed E-state index contributed by atoms with van der Waals surface area (Å²) < 4.78 is 12.8. The number of methoxy groups -OCH3 is 2. The predicted octanol–water partition coefficient (Wildman–Crippen LogP) is 3.82. The molecule has 148 valence electrons. The zero-order chi connectivity index (χ0) is 19.7. The third-order valence-corrected chi connectivity index (χ3v) is 6.24. The average molecular weight is 400 g/mol. The number of imidazole rings is 1. The van der Waals surface area contributed by atoms with E-state index in [0.717, 1.165) is 43.1 Å². The minimum atomic E-state index is -0.00181. The first-order chi connectivity index (χ1) is 13.6. The standard InChI is InChI=1S/C21H25N3O3S/c1-14-17(24-9-10-28-21(24)22-14)13-23-8-4-5-16(12-23)20(25)15-6-7-18(26-2)19(11-15)27-3/h6-7,9-11,16H,4-5,8,12-13H2,1-3H3. The topological polar surface area (TPSA) is 56.1 Å². The molecule has 7 heteroatoms. The zero-order valence-electron chi connectivity index (χ0n) is 16.5. The molecule has 6 nitrogen and oxygen atoms in total. The number of carbonyl (C=O) groups excluding carboxylic acids is 1. The number of likely N-dealkylation sites (tertiary alicyclic amines) is 1. The van der Waals surface area contributed by atoms with Crippen LogP contribution >= 0.6 is 11.3 Å². The fourth-order valence-electron chi connectivity index (χ4n) is 3.98. The molecule has 1 aliphatic rings. The van der Waals surface area contributed by atoms with Gasteiger partial charge in [-0.2, -0.15) is 0 Å². The van der Waals surface area contributed by atoms with Crippen LogP contribution in [0.15, 0.2) is 29.8 Å². The first-order valence-corrected chi connectivity index (χ1v) is 10.4. The van der Waals surface area contributed by atoms with Gasteiger partial charge in [0.15, 0.2) is 22.2 Å². The number of fused-ring (bicyclic) bond motifs is 1. The van der Waals surface area contributed by atoms with Crippen molar-refractivity contribution >= 4 is 22.1 Å². The van der Waals surface area contributed by atoms with Gasteiger partial charge in [-0.25, -0.2) is 4.98 Å². The smallest absolute Gasteiger partial charge is 0.194 e. The van der Waals surface area contributed by atoms with Crippen molar-refractivity contribution in [3.63, 3.8) is 0 Å². The number of ketones is 1. The lowest BCUT2D eigenvalue weighted by atomic mass is 9.89. The van der Waals surface area contributed by atoms with Gasteiger partial charge in [0.2, 0.25) is 0 Å². The molecular weight excluding hydrogens is 374 g/mol. The van der Waals surface area contributed by atoms with Crippen LogP contribution in [0.1, 0.15) is 34.6 Å². The molecule has 0 spiro atoms. The number of ether oxygens (including phenoxy) is 2. The maximum absolute atomic E-state index is 13.1. The molecule has 1 aromatic carbocycles. The van der Waals surface area contributed by atoms with Gasteiger partial charge in [0, 0.05) is 36.1 Å². The minimum absolute atomic E-state index is 0.00181. The quantitative estimate of drug-likeness (QED) is 0.590. The van der Waals surface area contributed by atoms with E-state index in [4.69, 9.17) is 9.47 Å². The van der Waals surface area contributed by atoms with Gasteiger partial charge in [-0.3, -0.25) is 14.1 Å². The van der Waals surface area contributed by atoms with Crippen LogP contribution in [0.25, 0.3) is 4.96 Å². The third kappa shape index (κ3) is 3.52. The molecule has 3 heterocycles. The summed E-state index contributed by atoms with van der Waals surface area (Å²) in [5.74, 6) is 1.41. The predicted molar refractivity (Wildman–Crippen MR) is 110 cm³/mol. The number of hydrogen-bond acceptors (Lipinski definition) is 6. The van der Waals surface area contributed by atoms with Gasteiger partial charge < -0.3 is 9.47 Å². The van der Waals surface area contributed by atoms with Crippen LogP contribution in [0.3, 0.4) is 0 Å². The largest absolute Gasteiger partial charge is 0.493 e. The van der Waals surface area contributed by atoms with Crippen molar-refractivity contribution in [2.45, 2.75) is 26.3 Å². The summed E-state index contributed by atoms with van der Waals surface area (Å²) in [6.07, 6.45) is 4.02. The van der Waals surface area contributed by atoms with Crippen LogP contribution in [0, 0.1) is 12.8 Å². The molecule has 1 aliphatic heterocycles. The molecule has 0 aliphatic carbocycles. The highest BCUT2D eigenvalue weighted by Gasteiger charge is 2.28. The highest BCUT2D eigenvalue weighted by Crippen LogP contribution is 2.30. The summed E-state index contributed by atoms with van der Waals surface area (Å²) >= 11 is 1.65. The normalized spacial score (nSPS) is 17.8. The van der Waals surface area contributed by atoms with E-state index in [2.05, 4.69) is 32.8 Å². The number of nitrogens with zero attached hydrogens (tertiary/aromatic N) is 3. The number of aromatic nitrogens is 2. The van der Waals surface area contributed by atoms with Crippen LogP contribution in [0.4, 0.5) is 0 Å². The Balaban J connectivity index is 1.50. The van der Waals surface area contributed by atoms with Gasteiger partial charge >= 0.3 is 0 Å². The zero-order valence-corrected chi connectivity index (χ0v) is 17.3. The molecule has 1 fully saturated rings. The van der Waals surface area contributed by atoms with Crippen molar-refractivity contribution in [2.75, 3.05) is 27.3 Å².